The lowest BCUT2D eigenvalue weighted by molar-refractivity contribution is -0.137. The number of imidazole rings is 1. The molecule has 0 aliphatic carbocycles. The van der Waals surface area contributed by atoms with Gasteiger partial charge in [-0.2, -0.15) is 0 Å². The van der Waals surface area contributed by atoms with Crippen LogP contribution in [0.3, 0.4) is 0 Å². The number of rotatable bonds is 7. The molecule has 0 aliphatic heterocycles. The summed E-state index contributed by atoms with van der Waals surface area (Å²) >= 11 is 0. The lowest BCUT2D eigenvalue weighted by atomic mass is 10.1. The molecule has 1 N–H and O–H groups in total. The highest BCUT2D eigenvalue weighted by atomic mass is 19.2. The molecule has 6 nitrogen and oxygen atoms in total. The number of halogens is 3. The molecule has 0 bridgehead atoms. The standard InChI is InChI=1S/C22H18F3N3O3/c1-2-31-22(30)17(21(29)16-9-19(24)20(25)10-18(16)23)11-27-15-5-3-4-14(8-15)12-28-7-6-26-13-28/h3-11,13,29H,2,12H2,1H3. The number of esters is 1. The molecular formula is C22H18F3N3O3. The van der Waals surface area contributed by atoms with E-state index in [1.165, 1.54) is 0 Å². The molecule has 0 saturated heterocycles. The SMILES string of the molecule is CCOC(=O)C(C=Nc1cccc(Cn2ccnc2)c1)=C(O)c1cc(F)c(F)cc1F. The Morgan fingerprint density at radius 2 is 1.97 bits per heavy atom. The van der Waals surface area contributed by atoms with Crippen LogP contribution in [0.5, 0.6) is 0 Å². The van der Waals surface area contributed by atoms with Gasteiger partial charge in [0.15, 0.2) is 11.6 Å². The Labute approximate surface area is 176 Å². The molecule has 160 valence electrons. The molecule has 1 heterocycles. The van der Waals surface area contributed by atoms with Gasteiger partial charge in [0.25, 0.3) is 0 Å². The van der Waals surface area contributed by atoms with E-state index in [1.54, 1.807) is 43.8 Å². The van der Waals surface area contributed by atoms with Gasteiger partial charge in [0.1, 0.15) is 17.1 Å². The molecule has 3 aromatic rings. The first kappa shape index (κ1) is 21.8. The van der Waals surface area contributed by atoms with Gasteiger partial charge in [-0.25, -0.2) is 22.9 Å². The summed E-state index contributed by atoms with van der Waals surface area (Å²) in [5, 5.41) is 10.4. The Kier molecular flexibility index (Phi) is 6.86. The van der Waals surface area contributed by atoms with Crippen LogP contribution in [0.25, 0.3) is 5.76 Å². The van der Waals surface area contributed by atoms with E-state index in [-0.39, 0.29) is 12.7 Å². The molecule has 0 saturated carbocycles. The number of benzene rings is 2. The first-order chi connectivity index (χ1) is 14.9. The Bertz CT molecular complexity index is 1140. The Balaban J connectivity index is 1.97. The zero-order valence-electron chi connectivity index (χ0n) is 16.4. The largest absolute Gasteiger partial charge is 0.506 e. The number of ether oxygens (including phenoxy) is 1. The van der Waals surface area contributed by atoms with Crippen molar-refractivity contribution in [2.45, 2.75) is 13.5 Å². The molecule has 2 aromatic carbocycles. The lowest BCUT2D eigenvalue weighted by Gasteiger charge is -2.08. The summed E-state index contributed by atoms with van der Waals surface area (Å²) in [4.78, 5) is 20.4. The molecule has 31 heavy (non-hydrogen) atoms. The molecule has 0 amide bonds. The zero-order chi connectivity index (χ0) is 22.4. The quantitative estimate of drug-likeness (QED) is 0.196. The van der Waals surface area contributed by atoms with E-state index in [4.69, 9.17) is 4.74 Å². The van der Waals surface area contributed by atoms with Gasteiger partial charge in [-0.3, -0.25) is 4.99 Å². The summed E-state index contributed by atoms with van der Waals surface area (Å²) in [7, 11) is 0. The van der Waals surface area contributed by atoms with Gasteiger partial charge in [-0.05, 0) is 30.7 Å². The number of nitrogens with zero attached hydrogens (tertiary/aromatic N) is 3. The molecule has 0 aliphatic rings. The molecule has 0 fully saturated rings. The van der Waals surface area contributed by atoms with Crippen molar-refractivity contribution in [3.05, 3.63) is 89.3 Å². The number of carbonyl (C=O) groups is 1. The fourth-order valence-corrected chi connectivity index (χ4v) is 2.73. The maximum atomic E-state index is 14.1. The molecule has 0 unspecified atom stereocenters. The summed E-state index contributed by atoms with van der Waals surface area (Å²) in [6.07, 6.45) is 6.10. The molecular weight excluding hydrogens is 411 g/mol. The van der Waals surface area contributed by atoms with Crippen molar-refractivity contribution in [1.29, 1.82) is 0 Å². The number of carbonyl (C=O) groups excluding carboxylic acids is 1. The summed E-state index contributed by atoms with van der Waals surface area (Å²) in [6, 6.07) is 7.76. The minimum Gasteiger partial charge on any atom is -0.506 e. The van der Waals surface area contributed by atoms with Crippen molar-refractivity contribution in [2.24, 2.45) is 4.99 Å². The second kappa shape index (κ2) is 9.75. The van der Waals surface area contributed by atoms with Crippen molar-refractivity contribution < 1.29 is 27.8 Å². The molecule has 9 heteroatoms. The van der Waals surface area contributed by atoms with Crippen LogP contribution in [0, 0.1) is 17.5 Å². The number of aliphatic hydroxyl groups is 1. The van der Waals surface area contributed by atoms with Gasteiger partial charge < -0.3 is 14.4 Å². The molecule has 0 spiro atoms. The van der Waals surface area contributed by atoms with Crippen LogP contribution >= 0.6 is 0 Å². The van der Waals surface area contributed by atoms with Gasteiger partial charge in [0, 0.05) is 31.2 Å². The second-order valence-electron chi connectivity index (χ2n) is 6.39. The highest BCUT2D eigenvalue weighted by molar-refractivity contribution is 6.15. The van der Waals surface area contributed by atoms with E-state index in [0.717, 1.165) is 11.8 Å². The van der Waals surface area contributed by atoms with Crippen molar-refractivity contribution in [1.82, 2.24) is 9.55 Å². The first-order valence-corrected chi connectivity index (χ1v) is 9.23. The third-order valence-corrected chi connectivity index (χ3v) is 4.19. The number of hydrogen-bond donors (Lipinski definition) is 1. The average Bonchev–Trinajstić information content (AvgIpc) is 3.24. The van der Waals surface area contributed by atoms with Gasteiger partial charge in [0.05, 0.1) is 24.2 Å². The topological polar surface area (TPSA) is 76.7 Å². The van der Waals surface area contributed by atoms with Crippen LogP contribution < -0.4 is 0 Å². The van der Waals surface area contributed by atoms with Crippen LogP contribution in [-0.2, 0) is 16.1 Å². The lowest BCUT2D eigenvalue weighted by Crippen LogP contribution is -2.12. The summed E-state index contributed by atoms with van der Waals surface area (Å²) in [5.74, 6) is -5.96. The van der Waals surface area contributed by atoms with Crippen molar-refractivity contribution in [3.63, 3.8) is 0 Å². The first-order valence-electron chi connectivity index (χ1n) is 9.23. The van der Waals surface area contributed by atoms with Crippen LogP contribution in [0.4, 0.5) is 18.9 Å². The van der Waals surface area contributed by atoms with Crippen molar-refractivity contribution >= 4 is 23.6 Å². The fourth-order valence-electron chi connectivity index (χ4n) is 2.73. The highest BCUT2D eigenvalue weighted by Gasteiger charge is 2.21. The predicted octanol–water partition coefficient (Wildman–Crippen LogP) is 4.58. The van der Waals surface area contributed by atoms with E-state index in [9.17, 15) is 23.1 Å². The third kappa shape index (κ3) is 5.39. The third-order valence-electron chi connectivity index (χ3n) is 4.19. The van der Waals surface area contributed by atoms with Crippen LogP contribution in [0.15, 0.2) is 65.7 Å². The van der Waals surface area contributed by atoms with Gasteiger partial charge in [0.2, 0.25) is 0 Å². The number of aromatic nitrogens is 2. The van der Waals surface area contributed by atoms with E-state index in [2.05, 4.69) is 9.98 Å². The maximum absolute atomic E-state index is 14.1. The maximum Gasteiger partial charge on any atom is 0.343 e. The molecule has 0 atom stereocenters. The molecule has 0 radical (unpaired) electrons. The summed E-state index contributed by atoms with van der Waals surface area (Å²) in [5.41, 5.74) is 0.136. The summed E-state index contributed by atoms with van der Waals surface area (Å²) < 4.78 is 47.6. The molecule has 1 aromatic heterocycles. The number of hydrogen-bond acceptors (Lipinski definition) is 5. The van der Waals surface area contributed by atoms with E-state index in [1.807, 2.05) is 10.6 Å². The Hall–Kier alpha value is -3.88. The monoisotopic (exact) mass is 429 g/mol. The summed E-state index contributed by atoms with van der Waals surface area (Å²) in [6.45, 7) is 2.06. The van der Waals surface area contributed by atoms with Gasteiger partial charge in [-0.15, -0.1) is 0 Å². The van der Waals surface area contributed by atoms with Crippen LogP contribution in [0.2, 0.25) is 0 Å². The number of aliphatic hydroxyl groups excluding tert-OH is 1. The van der Waals surface area contributed by atoms with Gasteiger partial charge >= 0.3 is 5.97 Å². The Morgan fingerprint density at radius 3 is 2.68 bits per heavy atom. The van der Waals surface area contributed by atoms with E-state index >= 15 is 0 Å². The Morgan fingerprint density at radius 1 is 1.19 bits per heavy atom. The van der Waals surface area contributed by atoms with E-state index < -0.39 is 40.3 Å². The van der Waals surface area contributed by atoms with E-state index in [0.29, 0.717) is 18.3 Å². The fraction of sp³-hybridized carbons (Fsp3) is 0.136. The van der Waals surface area contributed by atoms with Crippen LogP contribution in [-0.4, -0.2) is 33.4 Å². The zero-order valence-corrected chi connectivity index (χ0v) is 16.4. The smallest absolute Gasteiger partial charge is 0.343 e. The molecule has 3 rings (SSSR count). The second-order valence-corrected chi connectivity index (χ2v) is 6.39. The minimum absolute atomic E-state index is 0.0237. The number of aliphatic imine (C=N–C) groups is 1. The average molecular weight is 429 g/mol. The van der Waals surface area contributed by atoms with Gasteiger partial charge in [-0.1, -0.05) is 12.1 Å². The predicted molar refractivity (Wildman–Crippen MR) is 108 cm³/mol. The minimum atomic E-state index is -1.42. The van der Waals surface area contributed by atoms with Crippen molar-refractivity contribution in [2.75, 3.05) is 6.61 Å². The van der Waals surface area contributed by atoms with Crippen LogP contribution in [0.1, 0.15) is 18.1 Å². The van der Waals surface area contributed by atoms with Crippen molar-refractivity contribution in [3.8, 4) is 0 Å². The normalized spacial score (nSPS) is 12.1. The highest BCUT2D eigenvalue weighted by Crippen LogP contribution is 2.23.